The van der Waals surface area contributed by atoms with Crippen LogP contribution in [0.15, 0.2) is 30.3 Å². The number of hydrogen-bond acceptors (Lipinski definition) is 5. The predicted octanol–water partition coefficient (Wildman–Crippen LogP) is 3.67. The molecule has 0 fully saturated rings. The Morgan fingerprint density at radius 3 is 2.72 bits per heavy atom. The van der Waals surface area contributed by atoms with Gasteiger partial charge in [0.2, 0.25) is 5.95 Å². The summed E-state index contributed by atoms with van der Waals surface area (Å²) >= 11 is 0. The van der Waals surface area contributed by atoms with Gasteiger partial charge in [-0.3, -0.25) is 4.79 Å². The van der Waals surface area contributed by atoms with E-state index in [-0.39, 0.29) is 5.91 Å². The highest BCUT2D eigenvalue weighted by Crippen LogP contribution is 2.24. The topological polar surface area (TPSA) is 67.4 Å². The minimum absolute atomic E-state index is 0.275. The Morgan fingerprint density at radius 1 is 1.24 bits per heavy atom. The van der Waals surface area contributed by atoms with Gasteiger partial charge in [0.15, 0.2) is 0 Å². The number of anilines is 2. The van der Waals surface area contributed by atoms with Crippen LogP contribution < -0.4 is 15.0 Å². The molecule has 0 aliphatic carbocycles. The van der Waals surface area contributed by atoms with Crippen molar-refractivity contribution in [1.82, 2.24) is 9.97 Å². The maximum Gasteiger partial charge on any atom is 0.274 e. The summed E-state index contributed by atoms with van der Waals surface area (Å²) in [7, 11) is 1.94. The van der Waals surface area contributed by atoms with Gasteiger partial charge in [-0.15, -0.1) is 0 Å². The molecule has 0 saturated carbocycles. The van der Waals surface area contributed by atoms with Crippen molar-refractivity contribution < 1.29 is 9.53 Å². The summed E-state index contributed by atoms with van der Waals surface area (Å²) in [6.07, 6.45) is 2.15. The van der Waals surface area contributed by atoms with E-state index < -0.39 is 0 Å². The number of carbonyl (C=O) groups is 1. The third kappa shape index (κ3) is 5.17. The summed E-state index contributed by atoms with van der Waals surface area (Å²) in [6.45, 7) is 7.30. The van der Waals surface area contributed by atoms with Gasteiger partial charge in [0, 0.05) is 19.3 Å². The van der Waals surface area contributed by atoms with Crippen molar-refractivity contribution in [1.29, 1.82) is 0 Å². The molecule has 1 aromatic carbocycles. The highest BCUT2D eigenvalue weighted by molar-refractivity contribution is 6.03. The molecule has 0 atom stereocenters. The molecule has 0 spiro atoms. The Bertz CT molecular complexity index is 718. The highest BCUT2D eigenvalue weighted by atomic mass is 16.5. The molecule has 6 heteroatoms. The van der Waals surface area contributed by atoms with E-state index in [1.807, 2.05) is 50.1 Å². The quantitative estimate of drug-likeness (QED) is 0.793. The van der Waals surface area contributed by atoms with Crippen LogP contribution in [-0.4, -0.2) is 36.1 Å². The normalized spacial score (nSPS) is 10.4. The lowest BCUT2D eigenvalue weighted by atomic mass is 10.2. The summed E-state index contributed by atoms with van der Waals surface area (Å²) in [5.41, 5.74) is 1.74. The predicted molar refractivity (Wildman–Crippen MR) is 101 cm³/mol. The number of aryl methyl sites for hydroxylation is 1. The number of para-hydroxylation sites is 2. The molecule has 1 heterocycles. The van der Waals surface area contributed by atoms with Gasteiger partial charge < -0.3 is 15.0 Å². The second kappa shape index (κ2) is 9.01. The summed E-state index contributed by atoms with van der Waals surface area (Å²) in [6, 6.07) is 9.05. The van der Waals surface area contributed by atoms with Crippen LogP contribution in [0.5, 0.6) is 5.75 Å². The van der Waals surface area contributed by atoms with Crippen molar-refractivity contribution in [3.05, 3.63) is 41.7 Å². The first kappa shape index (κ1) is 18.7. The average molecular weight is 342 g/mol. The zero-order valence-electron chi connectivity index (χ0n) is 15.4. The third-order valence-electron chi connectivity index (χ3n) is 3.70. The number of aromatic nitrogens is 2. The average Bonchev–Trinajstić information content (AvgIpc) is 2.61. The van der Waals surface area contributed by atoms with Crippen LogP contribution in [0.1, 0.15) is 42.9 Å². The molecule has 0 bridgehead atoms. The number of nitrogens with one attached hydrogen (secondary N) is 1. The van der Waals surface area contributed by atoms with E-state index in [1.165, 1.54) is 0 Å². The van der Waals surface area contributed by atoms with Crippen molar-refractivity contribution >= 4 is 17.5 Å². The third-order valence-corrected chi connectivity index (χ3v) is 3.70. The van der Waals surface area contributed by atoms with E-state index in [4.69, 9.17) is 4.74 Å². The molecule has 25 heavy (non-hydrogen) atoms. The monoisotopic (exact) mass is 342 g/mol. The molecular weight excluding hydrogens is 316 g/mol. The standard InChI is InChI=1S/C19H26N4O2/c1-5-7-12-23(4)19-20-14(3)13-16(22-19)18(24)21-15-10-8-9-11-17(15)25-6-2/h8-11,13H,5-7,12H2,1-4H3,(H,21,24). The molecule has 0 aliphatic rings. The van der Waals surface area contributed by atoms with Gasteiger partial charge in [0.25, 0.3) is 5.91 Å². The molecule has 1 amide bonds. The number of benzene rings is 1. The second-order valence-corrected chi connectivity index (χ2v) is 5.85. The smallest absolute Gasteiger partial charge is 0.274 e. The summed E-state index contributed by atoms with van der Waals surface area (Å²) in [5.74, 6) is 0.934. The zero-order chi connectivity index (χ0) is 18.2. The molecule has 2 aromatic rings. The second-order valence-electron chi connectivity index (χ2n) is 5.85. The van der Waals surface area contributed by atoms with E-state index in [0.717, 1.165) is 25.1 Å². The lowest BCUT2D eigenvalue weighted by Crippen LogP contribution is -2.23. The van der Waals surface area contributed by atoms with Crippen LogP contribution in [0, 0.1) is 6.92 Å². The van der Waals surface area contributed by atoms with Crippen LogP contribution in [0.4, 0.5) is 11.6 Å². The van der Waals surface area contributed by atoms with Gasteiger partial charge in [0.05, 0.1) is 12.3 Å². The van der Waals surface area contributed by atoms with E-state index in [9.17, 15) is 4.79 Å². The van der Waals surface area contributed by atoms with Gasteiger partial charge in [0.1, 0.15) is 11.4 Å². The molecule has 1 aromatic heterocycles. The molecular formula is C19H26N4O2. The van der Waals surface area contributed by atoms with Crippen molar-refractivity contribution in [2.24, 2.45) is 0 Å². The molecule has 134 valence electrons. The van der Waals surface area contributed by atoms with Crippen LogP contribution in [0.25, 0.3) is 0 Å². The number of carbonyl (C=O) groups excluding carboxylic acids is 1. The Balaban J connectivity index is 2.20. The van der Waals surface area contributed by atoms with Crippen LogP contribution in [-0.2, 0) is 0 Å². The Kier molecular flexibility index (Phi) is 6.74. The SMILES string of the molecule is CCCCN(C)c1nc(C)cc(C(=O)Nc2ccccc2OCC)n1. The zero-order valence-corrected chi connectivity index (χ0v) is 15.4. The largest absolute Gasteiger partial charge is 0.492 e. The highest BCUT2D eigenvalue weighted by Gasteiger charge is 2.14. The Morgan fingerprint density at radius 2 is 2.00 bits per heavy atom. The molecule has 1 N–H and O–H groups in total. The number of amides is 1. The van der Waals surface area contributed by atoms with Crippen molar-refractivity contribution in [2.45, 2.75) is 33.6 Å². The minimum Gasteiger partial charge on any atom is -0.492 e. The number of rotatable bonds is 8. The molecule has 0 radical (unpaired) electrons. The maximum atomic E-state index is 12.6. The molecule has 0 unspecified atom stereocenters. The van der Waals surface area contributed by atoms with Gasteiger partial charge in [-0.25, -0.2) is 9.97 Å². The van der Waals surface area contributed by atoms with Gasteiger partial charge in [-0.05, 0) is 38.5 Å². The fourth-order valence-corrected chi connectivity index (χ4v) is 2.37. The van der Waals surface area contributed by atoms with Crippen LogP contribution in [0.2, 0.25) is 0 Å². The minimum atomic E-state index is -0.275. The summed E-state index contributed by atoms with van der Waals surface area (Å²) < 4.78 is 5.55. The lowest BCUT2D eigenvalue weighted by molar-refractivity contribution is 0.102. The fraction of sp³-hybridized carbons (Fsp3) is 0.421. The van der Waals surface area contributed by atoms with E-state index in [1.54, 1.807) is 6.07 Å². The first-order valence-electron chi connectivity index (χ1n) is 8.65. The molecule has 6 nitrogen and oxygen atoms in total. The van der Waals surface area contributed by atoms with E-state index in [2.05, 4.69) is 22.2 Å². The first-order chi connectivity index (χ1) is 12.0. The number of ether oxygens (including phenoxy) is 1. The molecule has 0 aliphatic heterocycles. The molecule has 0 saturated heterocycles. The maximum absolute atomic E-state index is 12.6. The Hall–Kier alpha value is -2.63. The van der Waals surface area contributed by atoms with Gasteiger partial charge in [-0.1, -0.05) is 25.5 Å². The lowest BCUT2D eigenvalue weighted by Gasteiger charge is -2.18. The number of unbranched alkanes of at least 4 members (excludes halogenated alkanes) is 1. The number of hydrogen-bond donors (Lipinski definition) is 1. The summed E-state index contributed by atoms with van der Waals surface area (Å²) in [5, 5.41) is 2.88. The van der Waals surface area contributed by atoms with Crippen molar-refractivity contribution in [3.8, 4) is 5.75 Å². The van der Waals surface area contributed by atoms with Gasteiger partial charge in [-0.2, -0.15) is 0 Å². The van der Waals surface area contributed by atoms with Crippen LogP contribution in [0.3, 0.4) is 0 Å². The van der Waals surface area contributed by atoms with Crippen molar-refractivity contribution in [2.75, 3.05) is 30.4 Å². The first-order valence-corrected chi connectivity index (χ1v) is 8.65. The van der Waals surface area contributed by atoms with E-state index in [0.29, 0.717) is 29.7 Å². The van der Waals surface area contributed by atoms with Gasteiger partial charge >= 0.3 is 0 Å². The fourth-order valence-electron chi connectivity index (χ4n) is 2.37. The van der Waals surface area contributed by atoms with Crippen LogP contribution >= 0.6 is 0 Å². The molecule has 2 rings (SSSR count). The summed E-state index contributed by atoms with van der Waals surface area (Å²) in [4.78, 5) is 23.5. The van der Waals surface area contributed by atoms with E-state index >= 15 is 0 Å². The van der Waals surface area contributed by atoms with Crippen molar-refractivity contribution in [3.63, 3.8) is 0 Å². The Labute approximate surface area is 149 Å². The number of nitrogens with zero attached hydrogens (tertiary/aromatic N) is 3.